The number of halogens is 2. The molecule has 3 rings (SSSR count). The van der Waals surface area contributed by atoms with Crippen LogP contribution in [0.4, 0.5) is 5.69 Å². The van der Waals surface area contributed by atoms with Crippen molar-refractivity contribution in [3.05, 3.63) is 89.5 Å². The van der Waals surface area contributed by atoms with Crippen molar-refractivity contribution in [2.45, 2.75) is 12.5 Å². The summed E-state index contributed by atoms with van der Waals surface area (Å²) in [4.78, 5) is 11.2. The summed E-state index contributed by atoms with van der Waals surface area (Å²) in [6.07, 6.45) is 0.353. The van der Waals surface area contributed by atoms with E-state index in [4.69, 9.17) is 5.11 Å². The van der Waals surface area contributed by atoms with E-state index in [2.05, 4.69) is 22.8 Å². The fourth-order valence-electron chi connectivity index (χ4n) is 3.25. The minimum Gasteiger partial charge on any atom is -0.478 e. The van der Waals surface area contributed by atoms with Crippen molar-refractivity contribution in [1.82, 2.24) is 5.32 Å². The molecule has 7 heteroatoms. The van der Waals surface area contributed by atoms with Gasteiger partial charge in [0.2, 0.25) is 0 Å². The maximum Gasteiger partial charge on any atom is 0.335 e. The molecule has 3 aromatic rings. The smallest absolute Gasteiger partial charge is 0.335 e. The van der Waals surface area contributed by atoms with Gasteiger partial charge in [0.25, 0.3) is 0 Å². The SMILES string of the molecule is CNc1cc(C(=O)O)ccc1-c1ccc(CCNC[C@H](O)c2ccccc2)cc1.Cl.Cl. The third kappa shape index (κ3) is 7.26. The molecule has 0 radical (unpaired) electrons. The zero-order valence-corrected chi connectivity index (χ0v) is 18.9. The van der Waals surface area contributed by atoms with E-state index < -0.39 is 12.1 Å². The number of rotatable bonds is 9. The van der Waals surface area contributed by atoms with Crippen molar-refractivity contribution >= 4 is 36.5 Å². The van der Waals surface area contributed by atoms with Gasteiger partial charge >= 0.3 is 5.97 Å². The number of carboxylic acid groups (broad SMARTS) is 1. The van der Waals surface area contributed by atoms with Crippen molar-refractivity contribution < 1.29 is 15.0 Å². The summed E-state index contributed by atoms with van der Waals surface area (Å²) in [5.41, 5.74) is 5.16. The molecular weight excluding hydrogens is 435 g/mol. The number of hydrogen-bond donors (Lipinski definition) is 4. The van der Waals surface area contributed by atoms with Crippen molar-refractivity contribution in [2.24, 2.45) is 0 Å². The molecule has 0 saturated heterocycles. The third-order valence-electron chi connectivity index (χ3n) is 4.91. The third-order valence-corrected chi connectivity index (χ3v) is 4.91. The average molecular weight is 463 g/mol. The number of benzene rings is 3. The molecule has 3 aromatic carbocycles. The van der Waals surface area contributed by atoms with Crippen LogP contribution in [0.15, 0.2) is 72.8 Å². The van der Waals surface area contributed by atoms with E-state index in [1.807, 2.05) is 48.5 Å². The maximum atomic E-state index is 11.2. The topological polar surface area (TPSA) is 81.6 Å². The highest BCUT2D eigenvalue weighted by Crippen LogP contribution is 2.29. The Morgan fingerprint density at radius 1 is 0.968 bits per heavy atom. The van der Waals surface area contributed by atoms with Gasteiger partial charge in [-0.1, -0.05) is 60.7 Å². The van der Waals surface area contributed by atoms with Gasteiger partial charge < -0.3 is 20.8 Å². The van der Waals surface area contributed by atoms with Gasteiger partial charge in [0, 0.05) is 24.8 Å². The first-order chi connectivity index (χ1) is 14.1. The van der Waals surface area contributed by atoms with Crippen LogP contribution >= 0.6 is 24.8 Å². The summed E-state index contributed by atoms with van der Waals surface area (Å²) in [7, 11) is 1.79. The van der Waals surface area contributed by atoms with E-state index in [1.54, 1.807) is 19.2 Å². The maximum absolute atomic E-state index is 11.2. The molecule has 0 spiro atoms. The molecule has 0 heterocycles. The van der Waals surface area contributed by atoms with Crippen LogP contribution in [-0.4, -0.2) is 36.3 Å². The van der Waals surface area contributed by atoms with Crippen molar-refractivity contribution in [1.29, 1.82) is 0 Å². The predicted molar refractivity (Wildman–Crippen MR) is 131 cm³/mol. The number of carbonyl (C=O) groups is 1. The lowest BCUT2D eigenvalue weighted by Gasteiger charge is -2.13. The molecule has 0 bridgehead atoms. The number of nitrogens with one attached hydrogen (secondary N) is 2. The predicted octanol–water partition coefficient (Wildman–Crippen LogP) is 4.80. The van der Waals surface area contributed by atoms with E-state index in [-0.39, 0.29) is 30.4 Å². The van der Waals surface area contributed by atoms with Crippen LogP contribution in [0.3, 0.4) is 0 Å². The summed E-state index contributed by atoms with van der Waals surface area (Å²) in [5.74, 6) is -0.937. The zero-order chi connectivity index (χ0) is 20.6. The van der Waals surface area contributed by atoms with Crippen LogP contribution < -0.4 is 10.6 Å². The Morgan fingerprint density at radius 2 is 1.65 bits per heavy atom. The van der Waals surface area contributed by atoms with Gasteiger partial charge in [-0.05, 0) is 41.8 Å². The molecule has 5 nitrogen and oxygen atoms in total. The zero-order valence-electron chi connectivity index (χ0n) is 17.2. The van der Waals surface area contributed by atoms with Gasteiger partial charge in [-0.15, -0.1) is 24.8 Å². The summed E-state index contributed by atoms with van der Waals surface area (Å²) in [6.45, 7) is 1.29. The van der Waals surface area contributed by atoms with E-state index in [1.165, 1.54) is 5.56 Å². The fraction of sp³-hybridized carbons (Fsp3) is 0.208. The molecule has 0 amide bonds. The van der Waals surface area contributed by atoms with Crippen LogP contribution in [0.2, 0.25) is 0 Å². The minimum atomic E-state index is -0.937. The Bertz CT molecular complexity index is 951. The summed E-state index contributed by atoms with van der Waals surface area (Å²) < 4.78 is 0. The largest absolute Gasteiger partial charge is 0.478 e. The van der Waals surface area contributed by atoms with E-state index in [9.17, 15) is 9.90 Å². The van der Waals surface area contributed by atoms with Gasteiger partial charge in [0.15, 0.2) is 0 Å². The van der Waals surface area contributed by atoms with E-state index >= 15 is 0 Å². The van der Waals surface area contributed by atoms with Crippen molar-refractivity contribution in [2.75, 3.05) is 25.5 Å². The van der Waals surface area contributed by atoms with E-state index in [0.717, 1.165) is 35.3 Å². The van der Waals surface area contributed by atoms with Crippen LogP contribution in [-0.2, 0) is 6.42 Å². The van der Waals surface area contributed by atoms with Gasteiger partial charge in [0.05, 0.1) is 11.7 Å². The van der Waals surface area contributed by atoms with Crippen LogP contribution in [0.25, 0.3) is 11.1 Å². The molecule has 1 atom stereocenters. The molecule has 0 saturated carbocycles. The molecule has 166 valence electrons. The summed E-state index contributed by atoms with van der Waals surface area (Å²) in [6, 6.07) is 23.0. The van der Waals surface area contributed by atoms with Gasteiger partial charge in [0.1, 0.15) is 0 Å². The van der Waals surface area contributed by atoms with Crippen LogP contribution in [0, 0.1) is 0 Å². The molecule has 0 aliphatic heterocycles. The number of aliphatic hydroxyl groups excluding tert-OH is 1. The quantitative estimate of drug-likeness (QED) is 0.343. The van der Waals surface area contributed by atoms with E-state index in [0.29, 0.717) is 6.54 Å². The Kier molecular flexibility index (Phi) is 11.1. The molecule has 31 heavy (non-hydrogen) atoms. The number of hydrogen-bond acceptors (Lipinski definition) is 4. The lowest BCUT2D eigenvalue weighted by Crippen LogP contribution is -2.23. The molecule has 0 aliphatic rings. The van der Waals surface area contributed by atoms with Gasteiger partial charge in [-0.25, -0.2) is 4.79 Å². The first kappa shape index (κ1) is 26.5. The minimum absolute atomic E-state index is 0. The second kappa shape index (κ2) is 13.0. The molecule has 4 N–H and O–H groups in total. The Hall–Kier alpha value is -2.57. The molecule has 0 aliphatic carbocycles. The Morgan fingerprint density at radius 3 is 2.26 bits per heavy atom. The number of carboxylic acids is 1. The normalized spacial score (nSPS) is 11.0. The summed E-state index contributed by atoms with van der Waals surface area (Å²) >= 11 is 0. The van der Waals surface area contributed by atoms with Crippen molar-refractivity contribution in [3.8, 4) is 11.1 Å². The first-order valence-corrected chi connectivity index (χ1v) is 9.66. The second-order valence-corrected chi connectivity index (χ2v) is 6.89. The number of anilines is 1. The van der Waals surface area contributed by atoms with Crippen molar-refractivity contribution in [3.63, 3.8) is 0 Å². The summed E-state index contributed by atoms with van der Waals surface area (Å²) in [5, 5.41) is 25.7. The number of aliphatic hydroxyl groups is 1. The van der Waals surface area contributed by atoms with Gasteiger partial charge in [-0.2, -0.15) is 0 Å². The molecule has 0 unspecified atom stereocenters. The monoisotopic (exact) mass is 462 g/mol. The Labute approximate surface area is 195 Å². The van der Waals surface area contributed by atoms with Gasteiger partial charge in [-0.3, -0.25) is 0 Å². The second-order valence-electron chi connectivity index (χ2n) is 6.89. The fourth-order valence-corrected chi connectivity index (χ4v) is 3.25. The highest BCUT2D eigenvalue weighted by molar-refractivity contribution is 5.91. The highest BCUT2D eigenvalue weighted by atomic mass is 35.5. The first-order valence-electron chi connectivity index (χ1n) is 9.66. The van der Waals surface area contributed by atoms with Crippen LogP contribution in [0.1, 0.15) is 27.6 Å². The molecular formula is C24H28Cl2N2O3. The molecule has 0 aromatic heterocycles. The standard InChI is InChI=1S/C24H26N2O3.2ClH/c1-25-22-15-20(24(28)29)11-12-21(22)18-9-7-17(8-10-18)13-14-26-16-23(27)19-5-3-2-4-6-19;;/h2-12,15,23,25-27H,13-14,16H2,1H3,(H,28,29);2*1H/t23-;;/m0../s1. The molecule has 0 fully saturated rings. The average Bonchev–Trinajstić information content (AvgIpc) is 2.77. The number of aromatic carboxylic acids is 1. The lowest BCUT2D eigenvalue weighted by molar-refractivity contribution is 0.0697. The lowest BCUT2D eigenvalue weighted by atomic mass is 9.99. The Balaban J connectivity index is 0.00000240. The highest BCUT2D eigenvalue weighted by Gasteiger charge is 2.09. The van der Waals surface area contributed by atoms with Crippen LogP contribution in [0.5, 0.6) is 0 Å².